The van der Waals surface area contributed by atoms with Gasteiger partial charge in [0, 0.05) is 23.3 Å². The summed E-state index contributed by atoms with van der Waals surface area (Å²) in [6.07, 6.45) is -0.512. The lowest BCUT2D eigenvalue weighted by Gasteiger charge is -2.12. The van der Waals surface area contributed by atoms with Gasteiger partial charge in [-0.2, -0.15) is 0 Å². The Morgan fingerprint density at radius 3 is 2.79 bits per heavy atom. The average molecular weight is 321 g/mol. The molecule has 1 aromatic carbocycles. The fourth-order valence-corrected chi connectivity index (χ4v) is 2.28. The number of halogens is 1. The minimum atomic E-state index is -0.512. The Balaban J connectivity index is 1.85. The maximum Gasteiger partial charge on any atom is 0.0914 e. The number of nitrogens with zero attached hydrogens (tertiary/aromatic N) is 1. The summed E-state index contributed by atoms with van der Waals surface area (Å²) in [6, 6.07) is 13.7. The van der Waals surface area contributed by atoms with Crippen LogP contribution in [-0.2, 0) is 6.54 Å². The zero-order chi connectivity index (χ0) is 13.7. The first-order valence-corrected chi connectivity index (χ1v) is 7.01. The Kier molecular flexibility index (Phi) is 5.07. The molecule has 100 valence electrons. The number of aliphatic hydroxyl groups is 1. The highest BCUT2D eigenvalue weighted by Crippen LogP contribution is 2.17. The molecule has 2 N–H and O–H groups in total. The van der Waals surface area contributed by atoms with Gasteiger partial charge in [-0.3, -0.25) is 4.98 Å². The molecule has 0 aliphatic rings. The molecule has 0 fully saturated rings. The van der Waals surface area contributed by atoms with E-state index in [0.717, 1.165) is 21.4 Å². The highest BCUT2D eigenvalue weighted by molar-refractivity contribution is 9.10. The van der Waals surface area contributed by atoms with Crippen molar-refractivity contribution in [2.45, 2.75) is 19.6 Å². The van der Waals surface area contributed by atoms with Crippen molar-refractivity contribution in [3.8, 4) is 0 Å². The predicted octanol–water partition coefficient (Wildman–Crippen LogP) is 2.98. The standard InChI is InChI=1S/C15H17BrN2O/c1-11-4-2-7-14(18-11)9-17-10-15(19)12-5-3-6-13(16)8-12/h2-8,15,17,19H,9-10H2,1H3. The molecule has 2 rings (SSSR count). The maximum atomic E-state index is 10.1. The normalized spacial score (nSPS) is 12.4. The second kappa shape index (κ2) is 6.80. The van der Waals surface area contributed by atoms with E-state index < -0.39 is 6.10 Å². The molecule has 0 saturated carbocycles. The summed E-state index contributed by atoms with van der Waals surface area (Å²) in [4.78, 5) is 4.41. The molecule has 1 aromatic heterocycles. The van der Waals surface area contributed by atoms with Gasteiger partial charge in [-0.1, -0.05) is 34.1 Å². The van der Waals surface area contributed by atoms with Gasteiger partial charge in [-0.15, -0.1) is 0 Å². The van der Waals surface area contributed by atoms with Crippen LogP contribution in [-0.4, -0.2) is 16.6 Å². The van der Waals surface area contributed by atoms with E-state index in [1.807, 2.05) is 49.4 Å². The van der Waals surface area contributed by atoms with E-state index in [4.69, 9.17) is 0 Å². The summed E-state index contributed by atoms with van der Waals surface area (Å²) in [5.41, 5.74) is 2.90. The van der Waals surface area contributed by atoms with E-state index in [-0.39, 0.29) is 0 Å². The van der Waals surface area contributed by atoms with Crippen LogP contribution in [0.1, 0.15) is 23.1 Å². The van der Waals surface area contributed by atoms with Gasteiger partial charge in [-0.05, 0) is 36.8 Å². The van der Waals surface area contributed by atoms with Crippen molar-refractivity contribution in [3.63, 3.8) is 0 Å². The van der Waals surface area contributed by atoms with Gasteiger partial charge in [0.2, 0.25) is 0 Å². The van der Waals surface area contributed by atoms with Crippen LogP contribution in [0.5, 0.6) is 0 Å². The van der Waals surface area contributed by atoms with Crippen molar-refractivity contribution < 1.29 is 5.11 Å². The van der Waals surface area contributed by atoms with Gasteiger partial charge in [0.15, 0.2) is 0 Å². The van der Waals surface area contributed by atoms with Crippen molar-refractivity contribution in [2.24, 2.45) is 0 Å². The summed E-state index contributed by atoms with van der Waals surface area (Å²) in [5.74, 6) is 0. The third-order valence-corrected chi connectivity index (χ3v) is 3.32. The molecule has 0 aliphatic carbocycles. The fourth-order valence-electron chi connectivity index (χ4n) is 1.87. The van der Waals surface area contributed by atoms with Crippen LogP contribution in [0.2, 0.25) is 0 Å². The van der Waals surface area contributed by atoms with E-state index in [9.17, 15) is 5.11 Å². The van der Waals surface area contributed by atoms with Crippen molar-refractivity contribution in [1.29, 1.82) is 0 Å². The third kappa shape index (κ3) is 4.42. The van der Waals surface area contributed by atoms with E-state index in [0.29, 0.717) is 13.1 Å². The van der Waals surface area contributed by atoms with Gasteiger partial charge < -0.3 is 10.4 Å². The highest BCUT2D eigenvalue weighted by atomic mass is 79.9. The number of rotatable bonds is 5. The second-order valence-corrected chi connectivity index (χ2v) is 5.39. The van der Waals surface area contributed by atoms with Crippen LogP contribution in [0, 0.1) is 6.92 Å². The molecule has 0 spiro atoms. The molecule has 0 bridgehead atoms. The molecule has 0 aliphatic heterocycles. The van der Waals surface area contributed by atoms with Crippen LogP contribution >= 0.6 is 15.9 Å². The molecule has 0 radical (unpaired) electrons. The number of aryl methyl sites for hydroxylation is 1. The van der Waals surface area contributed by atoms with Crippen LogP contribution < -0.4 is 5.32 Å². The van der Waals surface area contributed by atoms with Gasteiger partial charge in [-0.25, -0.2) is 0 Å². The summed E-state index contributed by atoms with van der Waals surface area (Å²) in [6.45, 7) is 3.14. The minimum Gasteiger partial charge on any atom is -0.387 e. The largest absolute Gasteiger partial charge is 0.387 e. The van der Waals surface area contributed by atoms with Crippen LogP contribution in [0.3, 0.4) is 0 Å². The smallest absolute Gasteiger partial charge is 0.0914 e. The number of aromatic nitrogens is 1. The Labute approximate surface area is 121 Å². The van der Waals surface area contributed by atoms with Gasteiger partial charge in [0.1, 0.15) is 0 Å². The molecular formula is C15H17BrN2O. The number of aliphatic hydroxyl groups excluding tert-OH is 1. The molecule has 0 saturated heterocycles. The first kappa shape index (κ1) is 14.2. The van der Waals surface area contributed by atoms with Crippen LogP contribution in [0.15, 0.2) is 46.9 Å². The monoisotopic (exact) mass is 320 g/mol. The number of hydrogen-bond acceptors (Lipinski definition) is 3. The van der Waals surface area contributed by atoms with Gasteiger partial charge in [0.05, 0.1) is 11.8 Å². The number of nitrogens with one attached hydrogen (secondary N) is 1. The average Bonchev–Trinajstić information content (AvgIpc) is 2.38. The zero-order valence-electron chi connectivity index (χ0n) is 10.8. The predicted molar refractivity (Wildman–Crippen MR) is 79.8 cm³/mol. The van der Waals surface area contributed by atoms with Gasteiger partial charge in [0.25, 0.3) is 0 Å². The molecule has 19 heavy (non-hydrogen) atoms. The minimum absolute atomic E-state index is 0.506. The van der Waals surface area contributed by atoms with Gasteiger partial charge >= 0.3 is 0 Å². The Morgan fingerprint density at radius 1 is 1.26 bits per heavy atom. The number of benzene rings is 1. The lowest BCUT2D eigenvalue weighted by Crippen LogP contribution is -2.21. The maximum absolute atomic E-state index is 10.1. The molecule has 1 unspecified atom stereocenters. The van der Waals surface area contributed by atoms with E-state index >= 15 is 0 Å². The lowest BCUT2D eigenvalue weighted by atomic mass is 10.1. The highest BCUT2D eigenvalue weighted by Gasteiger charge is 2.07. The van der Waals surface area contributed by atoms with E-state index in [2.05, 4.69) is 26.2 Å². The van der Waals surface area contributed by atoms with E-state index in [1.54, 1.807) is 0 Å². The molecule has 1 atom stereocenters. The first-order valence-electron chi connectivity index (χ1n) is 6.22. The van der Waals surface area contributed by atoms with Crippen molar-refractivity contribution in [2.75, 3.05) is 6.54 Å². The van der Waals surface area contributed by atoms with Crippen molar-refractivity contribution in [3.05, 3.63) is 63.9 Å². The molecular weight excluding hydrogens is 304 g/mol. The SMILES string of the molecule is Cc1cccc(CNCC(O)c2cccc(Br)c2)n1. The number of hydrogen-bond donors (Lipinski definition) is 2. The van der Waals surface area contributed by atoms with Crippen LogP contribution in [0.4, 0.5) is 0 Å². The molecule has 0 amide bonds. The van der Waals surface area contributed by atoms with Crippen LogP contribution in [0.25, 0.3) is 0 Å². The molecule has 1 heterocycles. The lowest BCUT2D eigenvalue weighted by molar-refractivity contribution is 0.174. The summed E-state index contributed by atoms with van der Waals surface area (Å²) >= 11 is 3.40. The van der Waals surface area contributed by atoms with Crippen molar-refractivity contribution >= 4 is 15.9 Å². The summed E-state index contributed by atoms with van der Waals surface area (Å²) < 4.78 is 0.976. The molecule has 4 heteroatoms. The zero-order valence-corrected chi connectivity index (χ0v) is 12.4. The third-order valence-electron chi connectivity index (χ3n) is 2.82. The first-order chi connectivity index (χ1) is 9.15. The molecule has 2 aromatic rings. The Bertz CT molecular complexity index is 545. The summed E-state index contributed by atoms with van der Waals surface area (Å²) in [7, 11) is 0. The summed E-state index contributed by atoms with van der Waals surface area (Å²) in [5, 5.41) is 13.3. The molecule has 3 nitrogen and oxygen atoms in total. The second-order valence-electron chi connectivity index (χ2n) is 4.47. The fraction of sp³-hybridized carbons (Fsp3) is 0.267. The topological polar surface area (TPSA) is 45.1 Å². The quantitative estimate of drug-likeness (QED) is 0.890. The number of pyridine rings is 1. The Hall–Kier alpha value is -1.23. The van der Waals surface area contributed by atoms with Crippen molar-refractivity contribution in [1.82, 2.24) is 10.3 Å². The van der Waals surface area contributed by atoms with E-state index in [1.165, 1.54) is 0 Å². The Morgan fingerprint density at radius 2 is 2.05 bits per heavy atom.